The standard InChI is InChI=1S/C28H31F3N4O3.C8H14O2.C5H3F3OS/c1-2-7-22-19(8-6-15-35(22)26(38)24-21(28(29,30)31)10-5-14-33-24)25(37)34-16-12-27(18-32,13-17-34)20-9-3-4-11-23(20)36;9-8(10)6-7-4-2-1-3-5-7;6-5(7,8)4-1-3(9)2-10-4/h3-5,9-11,14,19,22,36H,2,6-8,12-13,15-17H2,1H3;7H,1-6H2,(H,9,10);1-2,9H. The van der Waals surface area contributed by atoms with E-state index in [0.29, 0.717) is 86.9 Å². The lowest BCUT2D eigenvalue weighted by molar-refractivity contribution is -0.141. The number of hydrogen-bond acceptors (Lipinski definition) is 8. The molecule has 1 aromatic carbocycles. The van der Waals surface area contributed by atoms with Gasteiger partial charge >= 0.3 is 18.3 Å². The average Bonchev–Trinajstić information content (AvgIpc) is 3.65. The van der Waals surface area contributed by atoms with E-state index >= 15 is 0 Å². The van der Waals surface area contributed by atoms with E-state index in [4.69, 9.17) is 10.2 Å². The lowest BCUT2D eigenvalue weighted by atomic mass is 9.73. The lowest BCUT2D eigenvalue weighted by Gasteiger charge is -2.44. The largest absolute Gasteiger partial charge is 0.508 e. The van der Waals surface area contributed by atoms with E-state index in [-0.39, 0.29) is 24.0 Å². The summed E-state index contributed by atoms with van der Waals surface area (Å²) in [5.41, 5.74) is -2.09. The van der Waals surface area contributed by atoms with E-state index in [1.807, 2.05) is 6.92 Å². The smallest absolute Gasteiger partial charge is 0.425 e. The van der Waals surface area contributed by atoms with Crippen LogP contribution in [0.1, 0.15) is 110 Å². The number of nitrogens with zero attached hydrogens (tertiary/aromatic N) is 4. The predicted molar refractivity (Wildman–Crippen MR) is 203 cm³/mol. The summed E-state index contributed by atoms with van der Waals surface area (Å²) in [6.07, 6.45) is 1.39. The Bertz CT molecular complexity index is 1880. The maximum atomic E-state index is 13.7. The van der Waals surface area contributed by atoms with Crippen LogP contribution in [0.25, 0.3) is 0 Å². The minimum atomic E-state index is -4.72. The molecular weight excluding hydrogens is 791 g/mol. The highest BCUT2D eigenvalue weighted by Crippen LogP contribution is 2.41. The Morgan fingerprint density at radius 2 is 1.60 bits per heavy atom. The number of phenolic OH excluding ortho intramolecular Hbond substituents is 1. The first kappa shape index (κ1) is 45.8. The van der Waals surface area contributed by atoms with Crippen LogP contribution in [0.4, 0.5) is 26.3 Å². The number of hydrogen-bond donors (Lipinski definition) is 3. The zero-order valence-electron chi connectivity index (χ0n) is 32.1. The fraction of sp³-hybridized carbons (Fsp3) is 0.537. The minimum absolute atomic E-state index is 0.0472. The number of piperidine rings is 2. The first-order valence-corrected chi connectivity index (χ1v) is 20.2. The molecule has 10 nitrogen and oxygen atoms in total. The molecule has 4 heterocycles. The number of para-hydroxylation sites is 1. The Hall–Kier alpha value is -4.85. The van der Waals surface area contributed by atoms with Crippen LogP contribution in [-0.4, -0.2) is 73.6 Å². The predicted octanol–water partition coefficient (Wildman–Crippen LogP) is 9.42. The molecule has 3 aromatic rings. The maximum Gasteiger partial charge on any atom is 0.425 e. The molecule has 3 N–H and O–H groups in total. The van der Waals surface area contributed by atoms with Crippen LogP contribution in [0, 0.1) is 23.2 Å². The number of halogens is 6. The van der Waals surface area contributed by atoms with Crippen LogP contribution in [0.15, 0.2) is 54.0 Å². The van der Waals surface area contributed by atoms with E-state index in [9.17, 15) is 51.1 Å². The van der Waals surface area contributed by atoms with Gasteiger partial charge in [0.05, 0.1) is 23.0 Å². The summed E-state index contributed by atoms with van der Waals surface area (Å²) in [6.45, 7) is 2.78. The molecule has 2 aliphatic heterocycles. The fourth-order valence-corrected chi connectivity index (χ4v) is 8.60. The van der Waals surface area contributed by atoms with Gasteiger partial charge in [-0.25, -0.2) is 0 Å². The summed E-state index contributed by atoms with van der Waals surface area (Å²) < 4.78 is 75.9. The molecule has 6 rings (SSSR count). The van der Waals surface area contributed by atoms with Crippen LogP contribution < -0.4 is 0 Å². The topological polar surface area (TPSA) is 155 Å². The molecule has 1 aliphatic carbocycles. The monoisotopic (exact) mass is 838 g/mol. The van der Waals surface area contributed by atoms with E-state index in [0.717, 1.165) is 30.4 Å². The molecule has 316 valence electrons. The highest BCUT2D eigenvalue weighted by Gasteiger charge is 2.45. The summed E-state index contributed by atoms with van der Waals surface area (Å²) in [5, 5.41) is 38.4. The summed E-state index contributed by atoms with van der Waals surface area (Å²) in [5.74, 6) is -1.95. The van der Waals surface area contributed by atoms with Crippen LogP contribution in [0.2, 0.25) is 0 Å². The Labute approximate surface area is 337 Å². The summed E-state index contributed by atoms with van der Waals surface area (Å²) in [7, 11) is 0. The van der Waals surface area contributed by atoms with Crippen molar-refractivity contribution in [3.63, 3.8) is 0 Å². The van der Waals surface area contributed by atoms with Gasteiger partial charge in [-0.05, 0) is 69.1 Å². The maximum absolute atomic E-state index is 13.7. The Morgan fingerprint density at radius 3 is 2.14 bits per heavy atom. The average molecular weight is 839 g/mol. The van der Waals surface area contributed by atoms with Gasteiger partial charge in [0.15, 0.2) is 0 Å². The van der Waals surface area contributed by atoms with E-state index < -0.39 is 57.7 Å². The van der Waals surface area contributed by atoms with Crippen molar-refractivity contribution in [3.05, 3.63) is 75.7 Å². The molecule has 0 bridgehead atoms. The normalized spacial score (nSPS) is 19.8. The first-order valence-electron chi connectivity index (χ1n) is 19.3. The zero-order chi connectivity index (χ0) is 42.7. The number of aliphatic carboxylic acids is 1. The van der Waals surface area contributed by atoms with Crippen LogP contribution >= 0.6 is 11.3 Å². The third-order valence-electron chi connectivity index (χ3n) is 10.9. The summed E-state index contributed by atoms with van der Waals surface area (Å²) >= 11 is 0.481. The second-order valence-corrected chi connectivity index (χ2v) is 15.7. The number of carboxylic acids is 1. The number of nitriles is 1. The number of carboxylic acid groups (broad SMARTS) is 1. The van der Waals surface area contributed by atoms with Gasteiger partial charge in [-0.1, -0.05) is 50.8 Å². The quantitative estimate of drug-likeness (QED) is 0.199. The number of benzene rings is 1. The number of amides is 2. The van der Waals surface area contributed by atoms with Gasteiger partial charge in [-0.2, -0.15) is 31.6 Å². The van der Waals surface area contributed by atoms with E-state index in [1.54, 1.807) is 29.2 Å². The molecular formula is C41H48F6N4O6S. The van der Waals surface area contributed by atoms with Crippen molar-refractivity contribution in [3.8, 4) is 17.6 Å². The number of pyridine rings is 1. The molecule has 17 heteroatoms. The number of thiophene rings is 1. The van der Waals surface area contributed by atoms with Crippen molar-refractivity contribution in [2.45, 2.75) is 108 Å². The molecule has 0 spiro atoms. The van der Waals surface area contributed by atoms with Gasteiger partial charge in [-0.3, -0.25) is 19.4 Å². The second-order valence-electron chi connectivity index (χ2n) is 14.8. The molecule has 3 aliphatic rings. The van der Waals surface area contributed by atoms with Gasteiger partial charge < -0.3 is 25.1 Å². The second kappa shape index (κ2) is 20.2. The number of aromatic hydroxyl groups is 2. The van der Waals surface area contributed by atoms with E-state index in [2.05, 4.69) is 11.1 Å². The van der Waals surface area contributed by atoms with Crippen LogP contribution in [-0.2, 0) is 27.4 Å². The van der Waals surface area contributed by atoms with Gasteiger partial charge in [-0.15, -0.1) is 11.3 Å². The van der Waals surface area contributed by atoms with Crippen molar-refractivity contribution >= 4 is 29.1 Å². The van der Waals surface area contributed by atoms with Gasteiger partial charge in [0.25, 0.3) is 5.91 Å². The number of aromatic nitrogens is 1. The SMILES string of the molecule is CCCC1C(C(=O)N2CCC(C#N)(c3ccccc3O)CC2)CCCN1C(=O)c1ncccc1C(F)(F)F.O=C(O)CC1CCCCC1.Oc1csc(C(F)(F)F)c1. The molecule has 2 saturated heterocycles. The Morgan fingerprint density at radius 1 is 0.931 bits per heavy atom. The van der Waals surface area contributed by atoms with Crippen LogP contribution in [0.5, 0.6) is 11.5 Å². The minimum Gasteiger partial charge on any atom is -0.508 e. The van der Waals surface area contributed by atoms with Crippen molar-refractivity contribution in [2.75, 3.05) is 19.6 Å². The molecule has 2 unspecified atom stereocenters. The van der Waals surface area contributed by atoms with Crippen LogP contribution in [0.3, 0.4) is 0 Å². The molecule has 2 atom stereocenters. The third-order valence-corrected chi connectivity index (χ3v) is 11.8. The Balaban J connectivity index is 0.000000301. The number of alkyl halides is 6. The molecule has 1 saturated carbocycles. The van der Waals surface area contributed by atoms with Crippen molar-refractivity contribution < 1.29 is 56.0 Å². The number of phenols is 1. The molecule has 0 radical (unpaired) electrons. The fourth-order valence-electron chi connectivity index (χ4n) is 7.97. The molecule has 58 heavy (non-hydrogen) atoms. The van der Waals surface area contributed by atoms with Gasteiger partial charge in [0, 0.05) is 55.3 Å². The lowest BCUT2D eigenvalue weighted by Crippen LogP contribution is -2.55. The highest BCUT2D eigenvalue weighted by atomic mass is 32.1. The number of likely N-dealkylation sites (tertiary alicyclic amines) is 2. The van der Waals surface area contributed by atoms with Crippen molar-refractivity contribution in [1.82, 2.24) is 14.8 Å². The van der Waals surface area contributed by atoms with Crippen molar-refractivity contribution in [1.29, 1.82) is 5.26 Å². The zero-order valence-corrected chi connectivity index (χ0v) is 32.9. The van der Waals surface area contributed by atoms with E-state index in [1.165, 1.54) is 30.4 Å². The molecule has 2 aromatic heterocycles. The number of carbonyl (C=O) groups is 3. The molecule has 3 fully saturated rings. The number of rotatable bonds is 7. The third kappa shape index (κ3) is 11.9. The Kier molecular flexibility index (Phi) is 16.0. The van der Waals surface area contributed by atoms with Gasteiger partial charge in [0.2, 0.25) is 5.91 Å². The molecule has 2 amide bonds. The number of carbonyl (C=O) groups excluding carboxylic acids is 2. The summed E-state index contributed by atoms with van der Waals surface area (Å²) in [4.78, 5) is 43.5. The summed E-state index contributed by atoms with van der Waals surface area (Å²) in [6, 6.07) is 11.2. The van der Waals surface area contributed by atoms with Gasteiger partial charge in [0.1, 0.15) is 22.1 Å². The first-order chi connectivity index (χ1) is 27.4. The highest BCUT2D eigenvalue weighted by molar-refractivity contribution is 7.10. The van der Waals surface area contributed by atoms with Crippen molar-refractivity contribution in [2.24, 2.45) is 11.8 Å².